The topological polar surface area (TPSA) is 38.9 Å². The predicted octanol–water partition coefficient (Wildman–Crippen LogP) is 3.12. The molecule has 0 aliphatic rings. The summed E-state index contributed by atoms with van der Waals surface area (Å²) in [5, 5.41) is 0. The molecule has 0 aliphatic heterocycles. The number of nitrogens with zero attached hydrogens (tertiary/aromatic N) is 2. The normalized spacial score (nSPS) is 10.9. The Morgan fingerprint density at radius 3 is 2.65 bits per heavy atom. The van der Waals surface area contributed by atoms with E-state index >= 15 is 0 Å². The minimum atomic E-state index is 0.621. The van der Waals surface area contributed by atoms with Gasteiger partial charge in [0.1, 0.15) is 5.52 Å². The first-order chi connectivity index (χ1) is 8.31. The van der Waals surface area contributed by atoms with E-state index in [1.54, 1.807) is 0 Å². The van der Waals surface area contributed by atoms with Gasteiger partial charge in [-0.1, -0.05) is 30.3 Å². The Kier molecular flexibility index (Phi) is 2.37. The van der Waals surface area contributed by atoms with Gasteiger partial charge in [-0.05, 0) is 24.6 Å². The molecular formula is C14H12N2O. The van der Waals surface area contributed by atoms with E-state index in [1.807, 2.05) is 37.3 Å². The van der Waals surface area contributed by atoms with Gasteiger partial charge in [-0.15, -0.1) is 0 Å². The molecule has 0 aliphatic carbocycles. The number of hydrogen-bond donors (Lipinski definition) is 0. The van der Waals surface area contributed by atoms with Gasteiger partial charge in [0.25, 0.3) is 0 Å². The summed E-state index contributed by atoms with van der Waals surface area (Å²) in [6.07, 6.45) is 0.705. The van der Waals surface area contributed by atoms with E-state index in [0.717, 1.165) is 11.2 Å². The van der Waals surface area contributed by atoms with Crippen LogP contribution in [-0.2, 0) is 6.42 Å². The Morgan fingerprint density at radius 1 is 1.00 bits per heavy atom. The number of pyridine rings is 1. The van der Waals surface area contributed by atoms with Crippen molar-refractivity contribution in [1.82, 2.24) is 9.97 Å². The molecule has 0 bridgehead atoms. The van der Waals surface area contributed by atoms with Crippen molar-refractivity contribution in [3.8, 4) is 0 Å². The van der Waals surface area contributed by atoms with Crippen LogP contribution < -0.4 is 0 Å². The van der Waals surface area contributed by atoms with E-state index in [4.69, 9.17) is 4.42 Å². The molecule has 3 heteroatoms. The first-order valence-corrected chi connectivity index (χ1v) is 5.58. The fourth-order valence-electron chi connectivity index (χ4n) is 1.80. The molecule has 0 fully saturated rings. The summed E-state index contributed by atoms with van der Waals surface area (Å²) < 4.78 is 5.63. The average Bonchev–Trinajstić information content (AvgIpc) is 2.71. The largest absolute Gasteiger partial charge is 0.422 e. The Hall–Kier alpha value is -2.16. The minimum Gasteiger partial charge on any atom is -0.422 e. The van der Waals surface area contributed by atoms with Gasteiger partial charge in [0.15, 0.2) is 0 Å². The summed E-state index contributed by atoms with van der Waals surface area (Å²) in [5.41, 5.74) is 3.58. The Bertz CT molecular complexity index is 644. The molecule has 0 spiro atoms. The molecule has 3 aromatic rings. The number of hydrogen-bond acceptors (Lipinski definition) is 3. The smallest absolute Gasteiger partial charge is 0.247 e. The maximum Gasteiger partial charge on any atom is 0.247 e. The fourth-order valence-corrected chi connectivity index (χ4v) is 1.80. The summed E-state index contributed by atoms with van der Waals surface area (Å²) in [7, 11) is 0. The third kappa shape index (κ3) is 2.04. The zero-order valence-corrected chi connectivity index (χ0v) is 9.55. The molecule has 2 aromatic heterocycles. The Morgan fingerprint density at radius 2 is 1.82 bits per heavy atom. The van der Waals surface area contributed by atoms with Crippen LogP contribution in [0.25, 0.3) is 11.2 Å². The quantitative estimate of drug-likeness (QED) is 0.671. The van der Waals surface area contributed by atoms with E-state index in [-0.39, 0.29) is 0 Å². The lowest BCUT2D eigenvalue weighted by atomic mass is 10.1. The number of aryl methyl sites for hydroxylation is 1. The first kappa shape index (κ1) is 10.0. The van der Waals surface area contributed by atoms with Crippen LogP contribution in [0.15, 0.2) is 46.9 Å². The van der Waals surface area contributed by atoms with Crippen LogP contribution in [0.3, 0.4) is 0 Å². The molecule has 0 unspecified atom stereocenters. The Labute approximate surface area is 99.1 Å². The van der Waals surface area contributed by atoms with Crippen molar-refractivity contribution >= 4 is 11.2 Å². The summed E-state index contributed by atoms with van der Waals surface area (Å²) in [6, 6.07) is 14.0. The van der Waals surface area contributed by atoms with Gasteiger partial charge in [-0.3, -0.25) is 0 Å². The molecule has 0 saturated heterocycles. The standard InChI is InChI=1S/C14H12N2O/c1-10-7-8-12-14(15-10)17-13(16-12)9-11-5-3-2-4-6-11/h2-8H,9H2,1H3. The predicted molar refractivity (Wildman–Crippen MR) is 65.8 cm³/mol. The third-order valence-electron chi connectivity index (χ3n) is 2.64. The SMILES string of the molecule is Cc1ccc2nc(Cc3ccccc3)oc2n1. The maximum absolute atomic E-state index is 5.63. The van der Waals surface area contributed by atoms with E-state index in [0.29, 0.717) is 18.0 Å². The molecule has 3 rings (SSSR count). The van der Waals surface area contributed by atoms with Crippen LogP contribution in [-0.4, -0.2) is 9.97 Å². The molecular weight excluding hydrogens is 212 g/mol. The molecule has 0 amide bonds. The number of fused-ring (bicyclic) bond motifs is 1. The van der Waals surface area contributed by atoms with Crippen LogP contribution in [0.1, 0.15) is 17.1 Å². The first-order valence-electron chi connectivity index (χ1n) is 5.58. The van der Waals surface area contributed by atoms with Crippen LogP contribution in [0.2, 0.25) is 0 Å². The number of benzene rings is 1. The average molecular weight is 224 g/mol. The van der Waals surface area contributed by atoms with E-state index in [1.165, 1.54) is 5.56 Å². The second-order valence-corrected chi connectivity index (χ2v) is 4.05. The highest BCUT2D eigenvalue weighted by Gasteiger charge is 2.07. The molecule has 0 saturated carbocycles. The van der Waals surface area contributed by atoms with Crippen molar-refractivity contribution < 1.29 is 4.42 Å². The molecule has 3 nitrogen and oxygen atoms in total. The lowest BCUT2D eigenvalue weighted by molar-refractivity contribution is 0.534. The number of rotatable bonds is 2. The minimum absolute atomic E-state index is 0.621. The van der Waals surface area contributed by atoms with Gasteiger partial charge < -0.3 is 4.42 Å². The molecule has 0 atom stereocenters. The van der Waals surface area contributed by atoms with Gasteiger partial charge in [0, 0.05) is 12.1 Å². The third-order valence-corrected chi connectivity index (χ3v) is 2.64. The second kappa shape index (κ2) is 4.01. The van der Waals surface area contributed by atoms with Crippen molar-refractivity contribution in [2.45, 2.75) is 13.3 Å². The summed E-state index contributed by atoms with van der Waals surface area (Å²) in [6.45, 7) is 1.94. The monoisotopic (exact) mass is 224 g/mol. The zero-order valence-electron chi connectivity index (χ0n) is 9.55. The highest BCUT2D eigenvalue weighted by Crippen LogP contribution is 2.16. The highest BCUT2D eigenvalue weighted by atomic mass is 16.4. The Balaban J connectivity index is 1.96. The molecule has 84 valence electrons. The zero-order chi connectivity index (χ0) is 11.7. The van der Waals surface area contributed by atoms with E-state index in [2.05, 4.69) is 22.1 Å². The lowest BCUT2D eigenvalue weighted by Gasteiger charge is -1.94. The number of oxazole rings is 1. The lowest BCUT2D eigenvalue weighted by Crippen LogP contribution is -1.86. The maximum atomic E-state index is 5.63. The van der Waals surface area contributed by atoms with Crippen molar-refractivity contribution in [2.75, 3.05) is 0 Å². The van der Waals surface area contributed by atoms with Crippen molar-refractivity contribution in [3.05, 3.63) is 59.6 Å². The molecule has 0 N–H and O–H groups in total. The van der Waals surface area contributed by atoms with E-state index in [9.17, 15) is 0 Å². The van der Waals surface area contributed by atoms with Gasteiger partial charge in [-0.25, -0.2) is 9.97 Å². The van der Waals surface area contributed by atoms with Crippen molar-refractivity contribution in [2.24, 2.45) is 0 Å². The van der Waals surface area contributed by atoms with Gasteiger partial charge in [0.05, 0.1) is 0 Å². The summed E-state index contributed by atoms with van der Waals surface area (Å²) in [4.78, 5) is 8.73. The fraction of sp³-hybridized carbons (Fsp3) is 0.143. The number of aromatic nitrogens is 2. The molecule has 1 aromatic carbocycles. The molecule has 17 heavy (non-hydrogen) atoms. The van der Waals surface area contributed by atoms with Crippen LogP contribution in [0.4, 0.5) is 0 Å². The van der Waals surface area contributed by atoms with Gasteiger partial charge >= 0.3 is 0 Å². The van der Waals surface area contributed by atoms with Crippen molar-refractivity contribution in [3.63, 3.8) is 0 Å². The summed E-state index contributed by atoms with van der Waals surface area (Å²) >= 11 is 0. The highest BCUT2D eigenvalue weighted by molar-refractivity contribution is 5.68. The van der Waals surface area contributed by atoms with Crippen LogP contribution >= 0.6 is 0 Å². The summed E-state index contributed by atoms with van der Waals surface area (Å²) in [5.74, 6) is 0.712. The van der Waals surface area contributed by atoms with Gasteiger partial charge in [0.2, 0.25) is 11.6 Å². The van der Waals surface area contributed by atoms with Crippen LogP contribution in [0.5, 0.6) is 0 Å². The van der Waals surface area contributed by atoms with E-state index < -0.39 is 0 Å². The van der Waals surface area contributed by atoms with Crippen molar-refractivity contribution in [1.29, 1.82) is 0 Å². The van der Waals surface area contributed by atoms with Crippen LogP contribution in [0, 0.1) is 6.92 Å². The van der Waals surface area contributed by atoms with Gasteiger partial charge in [-0.2, -0.15) is 0 Å². The molecule has 0 radical (unpaired) electrons. The second-order valence-electron chi connectivity index (χ2n) is 4.05. The molecule has 2 heterocycles.